The molecule has 1 heterocycles. The minimum absolute atomic E-state index is 0.00312. The van der Waals surface area contributed by atoms with Crippen LogP contribution in [0.4, 0.5) is 0 Å². The van der Waals surface area contributed by atoms with Crippen molar-refractivity contribution in [3.63, 3.8) is 0 Å². The summed E-state index contributed by atoms with van der Waals surface area (Å²) in [6, 6.07) is 10.3. The predicted octanol–water partition coefficient (Wildman–Crippen LogP) is 1.57. The highest BCUT2D eigenvalue weighted by atomic mass is 32.2. The summed E-state index contributed by atoms with van der Waals surface area (Å²) in [5.74, 6) is 0.0170. The average molecular weight is 303 g/mol. The lowest BCUT2D eigenvalue weighted by molar-refractivity contribution is 0.210. The fourth-order valence-corrected chi connectivity index (χ4v) is 3.82. The van der Waals surface area contributed by atoms with Crippen LogP contribution in [-0.2, 0) is 9.84 Å². The number of benzene rings is 1. The summed E-state index contributed by atoms with van der Waals surface area (Å²) in [7, 11) is -3.39. The zero-order valence-electron chi connectivity index (χ0n) is 11.7. The van der Waals surface area contributed by atoms with Gasteiger partial charge >= 0.3 is 0 Å². The summed E-state index contributed by atoms with van der Waals surface area (Å²) in [5, 5.41) is 17.8. The Balaban J connectivity index is 2.01. The van der Waals surface area contributed by atoms with E-state index in [0.717, 1.165) is 19.4 Å². The highest BCUT2D eigenvalue weighted by Gasteiger charge is 2.22. The van der Waals surface area contributed by atoms with Crippen LogP contribution in [0, 0.1) is 28.6 Å². The van der Waals surface area contributed by atoms with Gasteiger partial charge in [0, 0.05) is 13.1 Å². The van der Waals surface area contributed by atoms with Gasteiger partial charge in [-0.3, -0.25) is 0 Å². The highest BCUT2D eigenvalue weighted by molar-refractivity contribution is 7.91. The van der Waals surface area contributed by atoms with Crippen LogP contribution in [-0.4, -0.2) is 38.7 Å². The molecule has 21 heavy (non-hydrogen) atoms. The van der Waals surface area contributed by atoms with Crippen LogP contribution in [0.5, 0.6) is 0 Å². The van der Waals surface area contributed by atoms with Crippen LogP contribution in [0.15, 0.2) is 29.2 Å². The van der Waals surface area contributed by atoms with Crippen LogP contribution in [0.3, 0.4) is 0 Å². The van der Waals surface area contributed by atoms with Crippen molar-refractivity contribution in [2.24, 2.45) is 5.92 Å². The summed E-state index contributed by atoms with van der Waals surface area (Å²) in [6.45, 7) is 1.91. The van der Waals surface area contributed by atoms with E-state index in [-0.39, 0.29) is 16.6 Å². The molecule has 1 aromatic carbocycles. The zero-order chi connectivity index (χ0) is 15.3. The molecule has 110 valence electrons. The first-order valence-electron chi connectivity index (χ1n) is 6.90. The molecule has 2 rings (SSSR count). The molecular formula is C15H17N3O2S. The zero-order valence-corrected chi connectivity index (χ0v) is 12.5. The van der Waals surface area contributed by atoms with E-state index in [1.165, 1.54) is 12.1 Å². The van der Waals surface area contributed by atoms with Crippen LogP contribution in [0.2, 0.25) is 0 Å². The van der Waals surface area contributed by atoms with Crippen molar-refractivity contribution in [2.75, 3.05) is 25.4 Å². The van der Waals surface area contributed by atoms with Crippen molar-refractivity contribution in [2.45, 2.75) is 17.7 Å². The normalized spacial score (nSPS) is 19.6. The van der Waals surface area contributed by atoms with E-state index in [2.05, 4.69) is 6.07 Å². The van der Waals surface area contributed by atoms with Gasteiger partial charge in [0.25, 0.3) is 0 Å². The van der Waals surface area contributed by atoms with Gasteiger partial charge in [-0.05, 0) is 37.6 Å². The summed E-state index contributed by atoms with van der Waals surface area (Å²) >= 11 is 0. The predicted molar refractivity (Wildman–Crippen MR) is 78.0 cm³/mol. The van der Waals surface area contributed by atoms with E-state index < -0.39 is 9.84 Å². The Hall–Kier alpha value is -1.89. The molecule has 0 N–H and O–H groups in total. The van der Waals surface area contributed by atoms with E-state index in [9.17, 15) is 8.42 Å². The largest absolute Gasteiger partial charge is 0.301 e. The first-order chi connectivity index (χ1) is 10.0. The van der Waals surface area contributed by atoms with Gasteiger partial charge in [-0.2, -0.15) is 10.5 Å². The fourth-order valence-electron chi connectivity index (χ4n) is 2.49. The van der Waals surface area contributed by atoms with E-state index in [1.54, 1.807) is 12.1 Å². The molecule has 1 fully saturated rings. The number of nitrogens with zero attached hydrogens (tertiary/aromatic N) is 3. The van der Waals surface area contributed by atoms with E-state index in [4.69, 9.17) is 10.5 Å². The topological polar surface area (TPSA) is 85.0 Å². The van der Waals surface area contributed by atoms with Crippen molar-refractivity contribution in [3.05, 3.63) is 29.8 Å². The number of sulfone groups is 1. The Bertz CT molecular complexity index is 686. The number of likely N-dealkylation sites (tertiary alicyclic amines) is 1. The van der Waals surface area contributed by atoms with Gasteiger partial charge < -0.3 is 4.90 Å². The Morgan fingerprint density at radius 3 is 2.86 bits per heavy atom. The molecule has 1 atom stereocenters. The smallest absolute Gasteiger partial charge is 0.179 e. The average Bonchev–Trinajstić information content (AvgIpc) is 2.53. The molecule has 0 saturated carbocycles. The van der Waals surface area contributed by atoms with E-state index >= 15 is 0 Å². The Morgan fingerprint density at radius 2 is 2.14 bits per heavy atom. The molecule has 1 saturated heterocycles. The number of nitriles is 2. The Kier molecular flexibility index (Phi) is 4.95. The Labute approximate surface area is 125 Å². The molecular weight excluding hydrogens is 286 g/mol. The minimum Gasteiger partial charge on any atom is -0.301 e. The fraction of sp³-hybridized carbons (Fsp3) is 0.467. The monoisotopic (exact) mass is 303 g/mol. The second-order valence-corrected chi connectivity index (χ2v) is 7.34. The number of hydrogen-bond donors (Lipinski definition) is 0. The third-order valence-corrected chi connectivity index (χ3v) is 5.38. The quantitative estimate of drug-likeness (QED) is 0.842. The lowest BCUT2D eigenvalue weighted by Crippen LogP contribution is -2.37. The number of hydrogen-bond acceptors (Lipinski definition) is 5. The summed E-state index contributed by atoms with van der Waals surface area (Å²) in [4.78, 5) is 2.22. The summed E-state index contributed by atoms with van der Waals surface area (Å²) in [5.41, 5.74) is 0.346. The highest BCUT2D eigenvalue weighted by Crippen LogP contribution is 2.17. The lowest BCUT2D eigenvalue weighted by Gasteiger charge is -2.29. The molecule has 1 aromatic rings. The van der Waals surface area contributed by atoms with Crippen molar-refractivity contribution in [1.29, 1.82) is 10.5 Å². The van der Waals surface area contributed by atoms with Crippen LogP contribution >= 0.6 is 0 Å². The molecule has 0 amide bonds. The summed E-state index contributed by atoms with van der Waals surface area (Å²) < 4.78 is 24.6. The molecule has 0 radical (unpaired) electrons. The molecule has 1 aliphatic heterocycles. The van der Waals surface area contributed by atoms with E-state index in [0.29, 0.717) is 18.7 Å². The van der Waals surface area contributed by atoms with Gasteiger partial charge in [0.2, 0.25) is 0 Å². The standard InChI is InChI=1S/C15H17N3O2S/c16-10-13-3-1-5-15(9-13)21(19,20)8-7-18-6-2-4-14(11-17)12-18/h1,3,5,9,14H,2,4,6-8,12H2. The third-order valence-electron chi connectivity index (χ3n) is 3.69. The number of rotatable bonds is 4. The third kappa shape index (κ3) is 4.04. The second-order valence-electron chi connectivity index (χ2n) is 5.23. The van der Waals surface area contributed by atoms with Gasteiger partial charge in [0.1, 0.15) is 0 Å². The van der Waals surface area contributed by atoms with Gasteiger partial charge in [0.05, 0.1) is 34.3 Å². The molecule has 0 spiro atoms. The number of piperidine rings is 1. The molecule has 5 nitrogen and oxygen atoms in total. The molecule has 0 bridgehead atoms. The van der Waals surface area contributed by atoms with Crippen molar-refractivity contribution in [1.82, 2.24) is 4.90 Å². The lowest BCUT2D eigenvalue weighted by atomic mass is 10.00. The Morgan fingerprint density at radius 1 is 1.33 bits per heavy atom. The van der Waals surface area contributed by atoms with E-state index in [1.807, 2.05) is 11.0 Å². The second kappa shape index (κ2) is 6.71. The van der Waals surface area contributed by atoms with Crippen LogP contribution in [0.1, 0.15) is 18.4 Å². The van der Waals surface area contributed by atoms with Crippen molar-refractivity contribution in [3.8, 4) is 12.1 Å². The maximum absolute atomic E-state index is 12.3. The first kappa shape index (κ1) is 15.5. The molecule has 0 aromatic heterocycles. The first-order valence-corrected chi connectivity index (χ1v) is 8.55. The molecule has 0 aliphatic carbocycles. The summed E-state index contributed by atoms with van der Waals surface area (Å²) in [6.07, 6.45) is 1.83. The van der Waals surface area contributed by atoms with Gasteiger partial charge in [-0.15, -0.1) is 0 Å². The van der Waals surface area contributed by atoms with Crippen molar-refractivity contribution >= 4 is 9.84 Å². The van der Waals surface area contributed by atoms with Crippen molar-refractivity contribution < 1.29 is 8.42 Å². The van der Waals surface area contributed by atoms with Gasteiger partial charge in [-0.1, -0.05) is 6.07 Å². The molecule has 1 unspecified atom stereocenters. The SMILES string of the molecule is N#Cc1cccc(S(=O)(=O)CCN2CCCC(C#N)C2)c1. The molecule has 6 heteroatoms. The molecule has 1 aliphatic rings. The van der Waals surface area contributed by atoms with Crippen LogP contribution in [0.25, 0.3) is 0 Å². The van der Waals surface area contributed by atoms with Gasteiger partial charge in [-0.25, -0.2) is 8.42 Å². The maximum Gasteiger partial charge on any atom is 0.179 e. The minimum atomic E-state index is -3.39. The maximum atomic E-state index is 12.3. The van der Waals surface area contributed by atoms with Gasteiger partial charge in [0.15, 0.2) is 9.84 Å². The van der Waals surface area contributed by atoms with Crippen LogP contribution < -0.4 is 0 Å².